The van der Waals surface area contributed by atoms with E-state index in [1.165, 1.54) is 11.3 Å². The number of rotatable bonds is 6. The minimum Gasteiger partial charge on any atom is -0.345 e. The average molecular weight is 266 g/mol. The Balaban J connectivity index is 1.64. The van der Waals surface area contributed by atoms with Crippen LogP contribution in [0.15, 0.2) is 17.5 Å². The van der Waals surface area contributed by atoms with Crippen LogP contribution in [0.1, 0.15) is 24.1 Å². The standard InChI is InChI=1S/C14H22N2OS/c1-16(11-12-7-8-15-10-12)14(17)6-2-4-13-5-3-9-18-13/h3,5,9,12,15H,2,4,6-8,10-11H2,1H3. The Morgan fingerprint density at radius 3 is 3.17 bits per heavy atom. The molecule has 100 valence electrons. The number of nitrogens with one attached hydrogen (secondary N) is 1. The molecule has 1 unspecified atom stereocenters. The van der Waals surface area contributed by atoms with Gasteiger partial charge in [-0.15, -0.1) is 11.3 Å². The highest BCUT2D eigenvalue weighted by Gasteiger charge is 2.18. The molecular formula is C14H22N2OS. The summed E-state index contributed by atoms with van der Waals surface area (Å²) < 4.78 is 0. The molecule has 18 heavy (non-hydrogen) atoms. The summed E-state index contributed by atoms with van der Waals surface area (Å²) in [5.74, 6) is 0.940. The first kappa shape index (κ1) is 13.6. The Morgan fingerprint density at radius 1 is 1.61 bits per heavy atom. The van der Waals surface area contributed by atoms with Crippen LogP contribution in [0.5, 0.6) is 0 Å². The number of hydrogen-bond donors (Lipinski definition) is 1. The van der Waals surface area contributed by atoms with Crippen LogP contribution in [0.3, 0.4) is 0 Å². The van der Waals surface area contributed by atoms with Gasteiger partial charge in [0.15, 0.2) is 0 Å². The molecule has 1 aliphatic rings. The summed E-state index contributed by atoms with van der Waals surface area (Å²) in [6, 6.07) is 4.21. The lowest BCUT2D eigenvalue weighted by Crippen LogP contribution is -2.32. The van der Waals surface area contributed by atoms with E-state index in [1.807, 2.05) is 11.9 Å². The van der Waals surface area contributed by atoms with Gasteiger partial charge in [0.25, 0.3) is 0 Å². The van der Waals surface area contributed by atoms with Crippen LogP contribution in [-0.2, 0) is 11.2 Å². The zero-order valence-corrected chi connectivity index (χ0v) is 11.8. The second-order valence-electron chi connectivity index (χ2n) is 5.07. The fraction of sp³-hybridized carbons (Fsp3) is 0.643. The molecule has 1 amide bonds. The predicted molar refractivity (Wildman–Crippen MR) is 75.9 cm³/mol. The molecule has 3 nitrogen and oxygen atoms in total. The zero-order chi connectivity index (χ0) is 12.8. The van der Waals surface area contributed by atoms with Crippen molar-refractivity contribution in [2.24, 2.45) is 5.92 Å². The molecule has 0 bridgehead atoms. The molecular weight excluding hydrogens is 244 g/mol. The highest BCUT2D eigenvalue weighted by molar-refractivity contribution is 7.09. The lowest BCUT2D eigenvalue weighted by atomic mass is 10.1. The molecule has 1 aliphatic heterocycles. The van der Waals surface area contributed by atoms with Crippen molar-refractivity contribution >= 4 is 17.2 Å². The number of carbonyl (C=O) groups excluding carboxylic acids is 1. The molecule has 1 saturated heterocycles. The Hall–Kier alpha value is -0.870. The van der Waals surface area contributed by atoms with E-state index >= 15 is 0 Å². The maximum Gasteiger partial charge on any atom is 0.222 e. The Morgan fingerprint density at radius 2 is 2.50 bits per heavy atom. The van der Waals surface area contributed by atoms with Crippen molar-refractivity contribution in [1.82, 2.24) is 10.2 Å². The predicted octanol–water partition coefficient (Wildman–Crippen LogP) is 2.14. The topological polar surface area (TPSA) is 32.3 Å². The summed E-state index contributed by atoms with van der Waals surface area (Å²) in [6.07, 6.45) is 3.87. The van der Waals surface area contributed by atoms with Crippen LogP contribution >= 0.6 is 11.3 Å². The molecule has 0 aliphatic carbocycles. The van der Waals surface area contributed by atoms with Gasteiger partial charge in [-0.2, -0.15) is 0 Å². The second-order valence-corrected chi connectivity index (χ2v) is 6.10. The van der Waals surface area contributed by atoms with E-state index < -0.39 is 0 Å². The molecule has 4 heteroatoms. The number of hydrogen-bond acceptors (Lipinski definition) is 3. The number of thiophene rings is 1. The van der Waals surface area contributed by atoms with Gasteiger partial charge in [0, 0.05) is 24.9 Å². The molecule has 1 aromatic heterocycles. The monoisotopic (exact) mass is 266 g/mol. The molecule has 0 aromatic carbocycles. The number of aryl methyl sites for hydroxylation is 1. The average Bonchev–Trinajstić information content (AvgIpc) is 3.01. The first-order valence-electron chi connectivity index (χ1n) is 6.73. The lowest BCUT2D eigenvalue weighted by Gasteiger charge is -2.20. The van der Waals surface area contributed by atoms with Crippen molar-refractivity contribution in [2.75, 3.05) is 26.7 Å². The van der Waals surface area contributed by atoms with Crippen molar-refractivity contribution in [3.8, 4) is 0 Å². The van der Waals surface area contributed by atoms with Crippen LogP contribution in [0.2, 0.25) is 0 Å². The van der Waals surface area contributed by atoms with E-state index in [9.17, 15) is 4.79 Å². The third-order valence-corrected chi connectivity index (χ3v) is 4.45. The third-order valence-electron chi connectivity index (χ3n) is 3.51. The number of nitrogens with zero attached hydrogens (tertiary/aromatic N) is 1. The minimum atomic E-state index is 0.290. The highest BCUT2D eigenvalue weighted by Crippen LogP contribution is 2.13. The molecule has 2 heterocycles. The van der Waals surface area contributed by atoms with Crippen molar-refractivity contribution in [3.05, 3.63) is 22.4 Å². The van der Waals surface area contributed by atoms with Crippen molar-refractivity contribution in [2.45, 2.75) is 25.7 Å². The SMILES string of the molecule is CN(CC1CCNC1)C(=O)CCCc1cccs1. The maximum absolute atomic E-state index is 12.0. The van der Waals surface area contributed by atoms with Gasteiger partial charge in [-0.25, -0.2) is 0 Å². The van der Waals surface area contributed by atoms with E-state index in [0.717, 1.165) is 32.5 Å². The second kappa shape index (κ2) is 6.90. The molecule has 0 radical (unpaired) electrons. The smallest absolute Gasteiger partial charge is 0.222 e. The van der Waals surface area contributed by atoms with Crippen molar-refractivity contribution < 1.29 is 4.79 Å². The van der Waals surface area contributed by atoms with Gasteiger partial charge in [-0.05, 0) is 49.7 Å². The molecule has 1 aromatic rings. The zero-order valence-electron chi connectivity index (χ0n) is 11.0. The number of amides is 1. The van der Waals surface area contributed by atoms with Gasteiger partial charge in [0.05, 0.1) is 0 Å². The van der Waals surface area contributed by atoms with E-state index in [-0.39, 0.29) is 0 Å². The molecule has 1 N–H and O–H groups in total. The maximum atomic E-state index is 12.0. The van der Waals surface area contributed by atoms with Gasteiger partial charge in [0.1, 0.15) is 0 Å². The van der Waals surface area contributed by atoms with Crippen LogP contribution in [-0.4, -0.2) is 37.5 Å². The fourth-order valence-corrected chi connectivity index (χ4v) is 3.17. The summed E-state index contributed by atoms with van der Waals surface area (Å²) in [7, 11) is 1.94. The first-order chi connectivity index (χ1) is 8.75. The fourth-order valence-electron chi connectivity index (χ4n) is 2.42. The summed E-state index contributed by atoms with van der Waals surface area (Å²) in [6.45, 7) is 3.07. The third kappa shape index (κ3) is 4.10. The van der Waals surface area contributed by atoms with Crippen LogP contribution in [0.25, 0.3) is 0 Å². The molecule has 1 fully saturated rings. The highest BCUT2D eigenvalue weighted by atomic mass is 32.1. The van der Waals surface area contributed by atoms with Gasteiger partial charge in [-0.3, -0.25) is 4.79 Å². The Labute approximate surface area is 113 Å². The van der Waals surface area contributed by atoms with E-state index in [2.05, 4.69) is 22.8 Å². The van der Waals surface area contributed by atoms with Crippen LogP contribution < -0.4 is 5.32 Å². The van der Waals surface area contributed by atoms with Crippen molar-refractivity contribution in [3.63, 3.8) is 0 Å². The molecule has 0 spiro atoms. The summed E-state index contributed by atoms with van der Waals surface area (Å²) in [5, 5.41) is 5.44. The van der Waals surface area contributed by atoms with E-state index in [1.54, 1.807) is 11.3 Å². The summed E-state index contributed by atoms with van der Waals surface area (Å²) in [5.41, 5.74) is 0. The normalized spacial score (nSPS) is 19.1. The minimum absolute atomic E-state index is 0.290. The summed E-state index contributed by atoms with van der Waals surface area (Å²) >= 11 is 1.78. The Bertz CT molecular complexity index is 358. The van der Waals surface area contributed by atoms with E-state index in [4.69, 9.17) is 0 Å². The lowest BCUT2D eigenvalue weighted by molar-refractivity contribution is -0.130. The summed E-state index contributed by atoms with van der Waals surface area (Å²) in [4.78, 5) is 15.3. The quantitative estimate of drug-likeness (QED) is 0.855. The van der Waals surface area contributed by atoms with Crippen LogP contribution in [0, 0.1) is 5.92 Å². The largest absolute Gasteiger partial charge is 0.345 e. The molecule has 2 rings (SSSR count). The molecule has 1 atom stereocenters. The van der Waals surface area contributed by atoms with Gasteiger partial charge >= 0.3 is 0 Å². The van der Waals surface area contributed by atoms with Gasteiger partial charge in [-0.1, -0.05) is 6.07 Å². The van der Waals surface area contributed by atoms with Crippen molar-refractivity contribution in [1.29, 1.82) is 0 Å². The van der Waals surface area contributed by atoms with Gasteiger partial charge < -0.3 is 10.2 Å². The Kier molecular flexibility index (Phi) is 5.20. The number of carbonyl (C=O) groups is 1. The van der Waals surface area contributed by atoms with E-state index in [0.29, 0.717) is 18.2 Å². The first-order valence-corrected chi connectivity index (χ1v) is 7.60. The molecule has 0 saturated carbocycles. The van der Waals surface area contributed by atoms with Crippen LogP contribution in [0.4, 0.5) is 0 Å². The van der Waals surface area contributed by atoms with Gasteiger partial charge in [0.2, 0.25) is 5.91 Å².